The second-order valence-corrected chi connectivity index (χ2v) is 8.00. The Hall–Kier alpha value is -3.79. The number of hydrogen-bond donors (Lipinski definition) is 1. The van der Waals surface area contributed by atoms with Crippen molar-refractivity contribution < 1.29 is 9.53 Å². The Bertz CT molecular complexity index is 1390. The van der Waals surface area contributed by atoms with E-state index >= 15 is 0 Å². The number of benzene rings is 3. The van der Waals surface area contributed by atoms with Crippen LogP contribution in [0.5, 0.6) is 5.75 Å². The molecule has 0 atom stereocenters. The molecule has 8 heteroatoms. The van der Waals surface area contributed by atoms with Crippen LogP contribution in [0.2, 0.25) is 10.0 Å². The molecule has 4 rings (SSSR count). The molecule has 0 aliphatic heterocycles. The molecule has 1 aromatic heterocycles. The van der Waals surface area contributed by atoms with Gasteiger partial charge >= 0.3 is 0 Å². The summed E-state index contributed by atoms with van der Waals surface area (Å²) in [5.74, 6) is -0.0649. The zero-order valence-electron chi connectivity index (χ0n) is 17.3. The van der Waals surface area contributed by atoms with E-state index in [0.717, 1.165) is 22.0 Å². The Morgan fingerprint density at radius 1 is 1.12 bits per heavy atom. The Kier molecular flexibility index (Phi) is 6.94. The van der Waals surface area contributed by atoms with E-state index in [4.69, 9.17) is 27.9 Å². The minimum atomic E-state index is -0.427. The van der Waals surface area contributed by atoms with Gasteiger partial charge in [-0.15, -0.1) is 0 Å². The number of rotatable bonds is 7. The van der Waals surface area contributed by atoms with Crippen molar-refractivity contribution in [1.82, 2.24) is 9.99 Å². The van der Waals surface area contributed by atoms with Gasteiger partial charge < -0.3 is 9.30 Å². The fourth-order valence-corrected chi connectivity index (χ4v) is 3.86. The summed E-state index contributed by atoms with van der Waals surface area (Å²) in [6.07, 6.45) is 3.53. The van der Waals surface area contributed by atoms with E-state index in [9.17, 15) is 10.1 Å². The summed E-state index contributed by atoms with van der Waals surface area (Å²) in [6.45, 7) is 0.297. The Balaban J connectivity index is 1.46. The third kappa shape index (κ3) is 5.35. The van der Waals surface area contributed by atoms with Crippen LogP contribution in [0.25, 0.3) is 10.9 Å². The van der Waals surface area contributed by atoms with Gasteiger partial charge in [-0.2, -0.15) is 10.4 Å². The number of hydrazone groups is 1. The Morgan fingerprint density at radius 2 is 1.91 bits per heavy atom. The second-order valence-electron chi connectivity index (χ2n) is 7.16. The number of nitrogens with one attached hydrogen (secondary N) is 1. The number of nitrogens with zero attached hydrogens (tertiary/aromatic N) is 3. The molecule has 0 aliphatic rings. The lowest BCUT2D eigenvalue weighted by molar-refractivity contribution is -0.123. The summed E-state index contributed by atoms with van der Waals surface area (Å²) in [7, 11) is 0. The maximum Gasteiger partial charge on any atom is 0.277 e. The number of hydrogen-bond acceptors (Lipinski definition) is 4. The van der Waals surface area contributed by atoms with Gasteiger partial charge in [0.2, 0.25) is 0 Å². The molecule has 0 saturated heterocycles. The molecule has 0 unspecified atom stereocenters. The van der Waals surface area contributed by atoms with Crippen molar-refractivity contribution in [2.75, 3.05) is 6.61 Å². The predicted molar refractivity (Wildman–Crippen MR) is 130 cm³/mol. The molecule has 0 fully saturated rings. The number of halogens is 2. The summed E-state index contributed by atoms with van der Waals surface area (Å²) in [6, 6.07) is 22.4. The first-order chi connectivity index (χ1) is 16.0. The van der Waals surface area contributed by atoms with Gasteiger partial charge in [-0.05, 0) is 35.9 Å². The summed E-state index contributed by atoms with van der Waals surface area (Å²) < 4.78 is 7.47. The number of aromatic nitrogens is 1. The van der Waals surface area contributed by atoms with Crippen LogP contribution in [0.1, 0.15) is 16.7 Å². The van der Waals surface area contributed by atoms with Gasteiger partial charge in [-0.1, -0.05) is 59.6 Å². The number of carbonyl (C=O) groups excluding carboxylic acids is 1. The van der Waals surface area contributed by atoms with Crippen LogP contribution in [-0.2, 0) is 11.3 Å². The first-order valence-corrected chi connectivity index (χ1v) is 10.8. The van der Waals surface area contributed by atoms with Crippen LogP contribution in [0, 0.1) is 11.3 Å². The molecule has 4 aromatic rings. The zero-order chi connectivity index (χ0) is 23.2. The quantitative estimate of drug-likeness (QED) is 0.286. The normalized spacial score (nSPS) is 10.9. The average Bonchev–Trinajstić information content (AvgIpc) is 3.16. The third-order valence-corrected chi connectivity index (χ3v) is 5.47. The highest BCUT2D eigenvalue weighted by Gasteiger charge is 2.10. The molecule has 0 bridgehead atoms. The van der Waals surface area contributed by atoms with E-state index in [1.165, 1.54) is 0 Å². The summed E-state index contributed by atoms with van der Waals surface area (Å²) >= 11 is 11.9. The van der Waals surface area contributed by atoms with Crippen LogP contribution >= 0.6 is 23.2 Å². The molecule has 1 amide bonds. The molecule has 1 heterocycles. The van der Waals surface area contributed by atoms with E-state index in [0.29, 0.717) is 27.9 Å². The number of para-hydroxylation sites is 1. The SMILES string of the molecule is N#Cc1ccccc1Cn1cc(/C=N/NC(=O)COc2ccc(Cl)cc2Cl)c2ccccc21. The standard InChI is InChI=1S/C25H18Cl2N4O2/c26-20-9-10-24(22(27)11-20)33-16-25(32)30-29-13-19-15-31(23-8-4-3-7-21(19)23)14-18-6-2-1-5-17(18)12-28/h1-11,13,15H,14,16H2,(H,30,32)/b29-13+. The number of carbonyl (C=O) groups is 1. The highest BCUT2D eigenvalue weighted by atomic mass is 35.5. The van der Waals surface area contributed by atoms with E-state index < -0.39 is 5.91 Å². The van der Waals surface area contributed by atoms with Crippen molar-refractivity contribution in [2.45, 2.75) is 6.54 Å². The molecular formula is C25H18Cl2N4O2. The Morgan fingerprint density at radius 3 is 2.73 bits per heavy atom. The fourth-order valence-electron chi connectivity index (χ4n) is 3.40. The largest absolute Gasteiger partial charge is 0.482 e. The topological polar surface area (TPSA) is 79.4 Å². The van der Waals surface area contributed by atoms with Crippen molar-refractivity contribution in [3.05, 3.63) is 99.7 Å². The summed E-state index contributed by atoms with van der Waals surface area (Å²) in [4.78, 5) is 12.1. The van der Waals surface area contributed by atoms with E-state index in [1.54, 1.807) is 30.5 Å². The highest BCUT2D eigenvalue weighted by Crippen LogP contribution is 2.27. The van der Waals surface area contributed by atoms with Crippen molar-refractivity contribution in [3.8, 4) is 11.8 Å². The van der Waals surface area contributed by atoms with Gasteiger partial charge in [0.25, 0.3) is 5.91 Å². The van der Waals surface area contributed by atoms with E-state index in [1.807, 2.05) is 48.7 Å². The van der Waals surface area contributed by atoms with Crippen LogP contribution in [-0.4, -0.2) is 23.3 Å². The van der Waals surface area contributed by atoms with Crippen LogP contribution in [0.4, 0.5) is 0 Å². The molecule has 0 radical (unpaired) electrons. The zero-order valence-corrected chi connectivity index (χ0v) is 18.8. The molecule has 0 spiro atoms. The van der Waals surface area contributed by atoms with Gasteiger partial charge in [0.05, 0.1) is 22.9 Å². The van der Waals surface area contributed by atoms with E-state index in [-0.39, 0.29) is 6.61 Å². The molecule has 1 N–H and O–H groups in total. The minimum absolute atomic E-state index is 0.245. The number of nitriles is 1. The lowest BCUT2D eigenvalue weighted by atomic mass is 10.1. The predicted octanol–water partition coefficient (Wildman–Crippen LogP) is 5.40. The molecule has 3 aromatic carbocycles. The van der Waals surface area contributed by atoms with Gasteiger partial charge in [0, 0.05) is 34.2 Å². The summed E-state index contributed by atoms with van der Waals surface area (Å²) in [5, 5.41) is 15.2. The smallest absolute Gasteiger partial charge is 0.277 e. The number of amides is 1. The monoisotopic (exact) mass is 476 g/mol. The first kappa shape index (κ1) is 22.4. The van der Waals surface area contributed by atoms with Crippen LogP contribution < -0.4 is 10.2 Å². The van der Waals surface area contributed by atoms with Crippen LogP contribution in [0.15, 0.2) is 78.0 Å². The molecule has 33 heavy (non-hydrogen) atoms. The van der Waals surface area contributed by atoms with Gasteiger partial charge in [-0.25, -0.2) is 5.43 Å². The van der Waals surface area contributed by atoms with Gasteiger partial charge in [0.1, 0.15) is 5.75 Å². The van der Waals surface area contributed by atoms with Crippen molar-refractivity contribution in [2.24, 2.45) is 5.10 Å². The molecule has 0 saturated carbocycles. The van der Waals surface area contributed by atoms with Gasteiger partial charge in [-0.3, -0.25) is 4.79 Å². The number of fused-ring (bicyclic) bond motifs is 1. The number of ether oxygens (including phenoxy) is 1. The molecule has 0 aliphatic carbocycles. The molecule has 6 nitrogen and oxygen atoms in total. The Labute approximate surface area is 200 Å². The minimum Gasteiger partial charge on any atom is -0.482 e. The molecule has 164 valence electrons. The van der Waals surface area contributed by atoms with Gasteiger partial charge in [0.15, 0.2) is 6.61 Å². The third-order valence-electron chi connectivity index (χ3n) is 4.94. The van der Waals surface area contributed by atoms with Crippen molar-refractivity contribution >= 4 is 46.2 Å². The van der Waals surface area contributed by atoms with E-state index in [2.05, 4.69) is 21.2 Å². The second kappa shape index (κ2) is 10.2. The highest BCUT2D eigenvalue weighted by molar-refractivity contribution is 6.35. The maximum atomic E-state index is 12.1. The van der Waals surface area contributed by atoms with Crippen molar-refractivity contribution in [3.63, 3.8) is 0 Å². The lowest BCUT2D eigenvalue weighted by Gasteiger charge is -2.07. The molecular weight excluding hydrogens is 459 g/mol. The van der Waals surface area contributed by atoms with Crippen LogP contribution in [0.3, 0.4) is 0 Å². The lowest BCUT2D eigenvalue weighted by Crippen LogP contribution is -2.24. The maximum absolute atomic E-state index is 12.1. The average molecular weight is 477 g/mol. The fraction of sp³-hybridized carbons (Fsp3) is 0.0800. The summed E-state index contributed by atoms with van der Waals surface area (Å²) in [5.41, 5.74) is 5.86. The van der Waals surface area contributed by atoms with Crippen molar-refractivity contribution in [1.29, 1.82) is 5.26 Å². The first-order valence-electron chi connectivity index (χ1n) is 10.0.